The quantitative estimate of drug-likeness (QED) is 0.805. The summed E-state index contributed by atoms with van der Waals surface area (Å²) in [5.74, 6) is 0.784. The van der Waals surface area contributed by atoms with Crippen molar-refractivity contribution in [1.82, 2.24) is 10.2 Å². The lowest BCUT2D eigenvalue weighted by molar-refractivity contribution is 0.0945. The van der Waals surface area contributed by atoms with E-state index in [1.165, 1.54) is 24.0 Å². The molecule has 1 aliphatic heterocycles. The number of rotatable bonds is 7. The summed E-state index contributed by atoms with van der Waals surface area (Å²) in [4.78, 5) is 15.2. The van der Waals surface area contributed by atoms with E-state index in [9.17, 15) is 4.79 Å². The molecular weight excluding hydrogens is 336 g/mol. The summed E-state index contributed by atoms with van der Waals surface area (Å²) in [6.07, 6.45) is 2.55. The summed E-state index contributed by atoms with van der Waals surface area (Å²) >= 11 is 0. The summed E-state index contributed by atoms with van der Waals surface area (Å²) in [7, 11) is 1.65. The zero-order valence-electron chi connectivity index (χ0n) is 16.4. The van der Waals surface area contributed by atoms with Crippen LogP contribution in [0.15, 0.2) is 48.5 Å². The Morgan fingerprint density at radius 1 is 1.04 bits per heavy atom. The summed E-state index contributed by atoms with van der Waals surface area (Å²) < 4.78 is 5.21. The van der Waals surface area contributed by atoms with Gasteiger partial charge in [0, 0.05) is 25.8 Å². The smallest absolute Gasteiger partial charge is 0.251 e. The Bertz CT molecular complexity index is 752. The van der Waals surface area contributed by atoms with Crippen LogP contribution in [0.1, 0.15) is 46.8 Å². The molecule has 2 aromatic rings. The zero-order chi connectivity index (χ0) is 19.1. The second kappa shape index (κ2) is 9.67. The predicted molar refractivity (Wildman–Crippen MR) is 108 cm³/mol. The van der Waals surface area contributed by atoms with Crippen molar-refractivity contribution in [2.75, 3.05) is 20.2 Å². The van der Waals surface area contributed by atoms with E-state index >= 15 is 0 Å². The van der Waals surface area contributed by atoms with Gasteiger partial charge in [-0.3, -0.25) is 9.69 Å². The standard InChI is InChI=1S/C23H30N2O2/c1-18-11-13-25(14-12-18)16-20-8-4-3-7-19(20)15-24-23(26)22-10-6-5-9-21(22)17-27-2/h3-10,18H,11-17H2,1-2H3,(H,24,26). The molecule has 0 aliphatic carbocycles. The Labute approximate surface area is 162 Å². The van der Waals surface area contributed by atoms with Crippen molar-refractivity contribution in [3.05, 3.63) is 70.8 Å². The van der Waals surface area contributed by atoms with Crippen LogP contribution in [0.25, 0.3) is 0 Å². The van der Waals surface area contributed by atoms with E-state index in [1.54, 1.807) is 7.11 Å². The van der Waals surface area contributed by atoms with Crippen molar-refractivity contribution in [1.29, 1.82) is 0 Å². The second-order valence-electron chi connectivity index (χ2n) is 7.50. The fourth-order valence-electron chi connectivity index (χ4n) is 3.64. The Morgan fingerprint density at radius 2 is 1.67 bits per heavy atom. The molecule has 0 saturated carbocycles. The van der Waals surface area contributed by atoms with E-state index < -0.39 is 0 Å². The topological polar surface area (TPSA) is 41.6 Å². The van der Waals surface area contributed by atoms with E-state index in [0.29, 0.717) is 18.7 Å². The van der Waals surface area contributed by atoms with Crippen LogP contribution in [0.4, 0.5) is 0 Å². The molecule has 0 aromatic heterocycles. The highest BCUT2D eigenvalue weighted by atomic mass is 16.5. The van der Waals surface area contributed by atoms with Crippen molar-refractivity contribution in [2.24, 2.45) is 5.92 Å². The molecule has 1 saturated heterocycles. The first-order chi connectivity index (χ1) is 13.2. The molecule has 144 valence electrons. The van der Waals surface area contributed by atoms with Crippen LogP contribution in [0.2, 0.25) is 0 Å². The van der Waals surface area contributed by atoms with Gasteiger partial charge in [0.1, 0.15) is 0 Å². The maximum Gasteiger partial charge on any atom is 0.251 e. The molecule has 4 nitrogen and oxygen atoms in total. The first-order valence-corrected chi connectivity index (χ1v) is 9.81. The average Bonchev–Trinajstić information content (AvgIpc) is 2.69. The molecule has 1 fully saturated rings. The number of nitrogens with one attached hydrogen (secondary N) is 1. The third-order valence-electron chi connectivity index (χ3n) is 5.39. The summed E-state index contributed by atoms with van der Waals surface area (Å²) in [5, 5.41) is 3.09. The third-order valence-corrected chi connectivity index (χ3v) is 5.39. The molecule has 3 rings (SSSR count). The van der Waals surface area contributed by atoms with Crippen molar-refractivity contribution in [2.45, 2.75) is 39.5 Å². The molecule has 1 amide bonds. The third kappa shape index (κ3) is 5.41. The Morgan fingerprint density at radius 3 is 2.37 bits per heavy atom. The van der Waals surface area contributed by atoms with Crippen molar-refractivity contribution in [3.8, 4) is 0 Å². The maximum atomic E-state index is 12.7. The number of benzene rings is 2. The number of amides is 1. The number of hydrogen-bond acceptors (Lipinski definition) is 3. The molecule has 0 radical (unpaired) electrons. The number of carbonyl (C=O) groups excluding carboxylic acids is 1. The molecule has 1 heterocycles. The minimum atomic E-state index is -0.0516. The molecule has 2 aromatic carbocycles. The normalized spacial score (nSPS) is 15.6. The number of piperidine rings is 1. The van der Waals surface area contributed by atoms with E-state index in [4.69, 9.17) is 4.74 Å². The van der Waals surface area contributed by atoms with Crippen molar-refractivity contribution in [3.63, 3.8) is 0 Å². The van der Waals surface area contributed by atoms with Gasteiger partial charge in [0.15, 0.2) is 0 Å². The van der Waals surface area contributed by atoms with E-state index in [2.05, 4.69) is 35.3 Å². The summed E-state index contributed by atoms with van der Waals surface area (Å²) in [6.45, 7) is 6.59. The lowest BCUT2D eigenvalue weighted by Crippen LogP contribution is -2.33. The SMILES string of the molecule is COCc1ccccc1C(=O)NCc1ccccc1CN1CCC(C)CC1. The largest absolute Gasteiger partial charge is 0.380 e. The van der Waals surface area contributed by atoms with Gasteiger partial charge in [-0.15, -0.1) is 0 Å². The molecule has 4 heteroatoms. The lowest BCUT2D eigenvalue weighted by atomic mass is 9.98. The second-order valence-corrected chi connectivity index (χ2v) is 7.50. The molecule has 0 bridgehead atoms. The van der Waals surface area contributed by atoms with Crippen LogP contribution in [-0.2, 0) is 24.4 Å². The molecule has 0 spiro atoms. The van der Waals surface area contributed by atoms with Gasteiger partial charge >= 0.3 is 0 Å². The van der Waals surface area contributed by atoms with Gasteiger partial charge in [0.25, 0.3) is 5.91 Å². The number of carbonyl (C=O) groups is 1. The van der Waals surface area contributed by atoms with Gasteiger partial charge in [-0.05, 0) is 54.6 Å². The molecule has 1 N–H and O–H groups in total. The van der Waals surface area contributed by atoms with Gasteiger partial charge in [0.2, 0.25) is 0 Å². The van der Waals surface area contributed by atoms with Gasteiger partial charge in [0.05, 0.1) is 6.61 Å². The van der Waals surface area contributed by atoms with Crippen LogP contribution in [0.5, 0.6) is 0 Å². The number of likely N-dealkylation sites (tertiary alicyclic amines) is 1. The fourth-order valence-corrected chi connectivity index (χ4v) is 3.64. The van der Waals surface area contributed by atoms with Crippen molar-refractivity contribution >= 4 is 5.91 Å². The molecule has 27 heavy (non-hydrogen) atoms. The number of ether oxygens (including phenoxy) is 1. The number of nitrogens with zero attached hydrogens (tertiary/aromatic N) is 1. The zero-order valence-corrected chi connectivity index (χ0v) is 16.4. The highest BCUT2D eigenvalue weighted by Crippen LogP contribution is 2.20. The van der Waals surface area contributed by atoms with Crippen LogP contribution >= 0.6 is 0 Å². The first-order valence-electron chi connectivity index (χ1n) is 9.81. The minimum Gasteiger partial charge on any atom is -0.380 e. The van der Waals surface area contributed by atoms with E-state index in [1.807, 2.05) is 30.3 Å². The predicted octanol–water partition coefficient (Wildman–Crippen LogP) is 3.99. The molecule has 0 unspecified atom stereocenters. The van der Waals surface area contributed by atoms with Gasteiger partial charge in [-0.1, -0.05) is 49.4 Å². The molecular formula is C23H30N2O2. The van der Waals surface area contributed by atoms with E-state index in [0.717, 1.165) is 31.1 Å². The first kappa shape index (κ1) is 19.6. The minimum absolute atomic E-state index is 0.0516. The fraction of sp³-hybridized carbons (Fsp3) is 0.435. The maximum absolute atomic E-state index is 12.7. The van der Waals surface area contributed by atoms with Crippen LogP contribution in [0.3, 0.4) is 0 Å². The van der Waals surface area contributed by atoms with Crippen LogP contribution < -0.4 is 5.32 Å². The van der Waals surface area contributed by atoms with Gasteiger partial charge in [-0.2, -0.15) is 0 Å². The Hall–Kier alpha value is -2.17. The van der Waals surface area contributed by atoms with E-state index in [-0.39, 0.29) is 5.91 Å². The monoisotopic (exact) mass is 366 g/mol. The summed E-state index contributed by atoms with van der Waals surface area (Å²) in [6, 6.07) is 16.0. The van der Waals surface area contributed by atoms with Crippen LogP contribution in [0, 0.1) is 5.92 Å². The molecule has 1 aliphatic rings. The average molecular weight is 367 g/mol. The summed E-state index contributed by atoms with van der Waals surface area (Å²) in [5.41, 5.74) is 4.08. The Balaban J connectivity index is 1.64. The highest BCUT2D eigenvalue weighted by molar-refractivity contribution is 5.95. The highest BCUT2D eigenvalue weighted by Gasteiger charge is 2.17. The number of hydrogen-bond donors (Lipinski definition) is 1. The lowest BCUT2D eigenvalue weighted by Gasteiger charge is -2.30. The molecule has 0 atom stereocenters. The Kier molecular flexibility index (Phi) is 7.02. The number of methoxy groups -OCH3 is 1. The van der Waals surface area contributed by atoms with Crippen molar-refractivity contribution < 1.29 is 9.53 Å². The van der Waals surface area contributed by atoms with Crippen LogP contribution in [-0.4, -0.2) is 31.0 Å². The van der Waals surface area contributed by atoms with Gasteiger partial charge < -0.3 is 10.1 Å². The van der Waals surface area contributed by atoms with Gasteiger partial charge in [-0.25, -0.2) is 0 Å².